The molecule has 0 radical (unpaired) electrons. The third-order valence-corrected chi connectivity index (χ3v) is 4.97. The first-order valence-electron chi connectivity index (χ1n) is 10.1. The van der Waals surface area contributed by atoms with Crippen LogP contribution in [0.25, 0.3) is 17.3 Å². The number of hydrogen-bond donors (Lipinski definition) is 1. The van der Waals surface area contributed by atoms with Gasteiger partial charge in [-0.15, -0.1) is 0 Å². The largest absolute Gasteiger partial charge is 0.321 e. The van der Waals surface area contributed by atoms with Crippen molar-refractivity contribution in [2.75, 3.05) is 5.32 Å². The van der Waals surface area contributed by atoms with Gasteiger partial charge in [0, 0.05) is 35.4 Å². The fraction of sp³-hybridized carbons (Fsp3) is 0.0769. The van der Waals surface area contributed by atoms with E-state index in [1.165, 1.54) is 0 Å². The Morgan fingerprint density at radius 1 is 1.09 bits per heavy atom. The van der Waals surface area contributed by atoms with E-state index in [-0.39, 0.29) is 5.57 Å². The first-order valence-corrected chi connectivity index (χ1v) is 10.1. The van der Waals surface area contributed by atoms with Crippen LogP contribution in [-0.4, -0.2) is 20.7 Å². The Hall–Kier alpha value is -4.50. The molecule has 4 aromatic rings. The molecule has 2 heterocycles. The number of nitriles is 1. The van der Waals surface area contributed by atoms with Crippen molar-refractivity contribution in [3.63, 3.8) is 0 Å². The van der Waals surface area contributed by atoms with Crippen molar-refractivity contribution in [3.05, 3.63) is 108 Å². The molecule has 1 amide bonds. The molecule has 0 atom stereocenters. The molecule has 0 aliphatic rings. The van der Waals surface area contributed by atoms with Crippen molar-refractivity contribution >= 4 is 17.7 Å². The minimum Gasteiger partial charge on any atom is -0.321 e. The lowest BCUT2D eigenvalue weighted by Crippen LogP contribution is -2.14. The molecule has 2 aromatic carbocycles. The Bertz CT molecular complexity index is 1300. The van der Waals surface area contributed by atoms with Crippen molar-refractivity contribution in [1.82, 2.24) is 14.8 Å². The van der Waals surface area contributed by atoms with E-state index in [4.69, 9.17) is 5.10 Å². The zero-order chi connectivity index (χ0) is 22.3. The van der Waals surface area contributed by atoms with Crippen LogP contribution in [-0.2, 0) is 11.3 Å². The topological polar surface area (TPSA) is 83.6 Å². The summed E-state index contributed by atoms with van der Waals surface area (Å²) in [6.45, 7) is 2.47. The smallest absolute Gasteiger partial charge is 0.266 e. The molecule has 0 saturated carbocycles. The number of aryl methyl sites for hydroxylation is 1. The van der Waals surface area contributed by atoms with Crippen LogP contribution in [0.15, 0.2) is 90.9 Å². The summed E-state index contributed by atoms with van der Waals surface area (Å²) in [6.07, 6.45) is 6.82. The zero-order valence-corrected chi connectivity index (χ0v) is 17.6. The summed E-state index contributed by atoms with van der Waals surface area (Å²) in [7, 11) is 0. The Morgan fingerprint density at radius 2 is 1.88 bits per heavy atom. The van der Waals surface area contributed by atoms with E-state index in [2.05, 4.69) is 10.3 Å². The maximum absolute atomic E-state index is 12.8. The van der Waals surface area contributed by atoms with Gasteiger partial charge >= 0.3 is 0 Å². The van der Waals surface area contributed by atoms with Crippen LogP contribution in [0.5, 0.6) is 0 Å². The van der Waals surface area contributed by atoms with E-state index in [9.17, 15) is 10.1 Å². The van der Waals surface area contributed by atoms with Gasteiger partial charge < -0.3 is 5.32 Å². The molecule has 0 aliphatic carbocycles. The fourth-order valence-corrected chi connectivity index (χ4v) is 3.33. The predicted octanol–water partition coefficient (Wildman–Crippen LogP) is 4.85. The number of carbonyl (C=O) groups is 1. The van der Waals surface area contributed by atoms with Gasteiger partial charge in [-0.1, -0.05) is 48.5 Å². The van der Waals surface area contributed by atoms with E-state index >= 15 is 0 Å². The average Bonchev–Trinajstić information content (AvgIpc) is 3.22. The minimum absolute atomic E-state index is 0.00217. The molecule has 2 aromatic heterocycles. The van der Waals surface area contributed by atoms with Crippen LogP contribution < -0.4 is 5.32 Å². The average molecular weight is 419 g/mol. The van der Waals surface area contributed by atoms with Gasteiger partial charge in [-0.3, -0.25) is 14.5 Å². The maximum atomic E-state index is 12.8. The second-order valence-electron chi connectivity index (χ2n) is 7.30. The quantitative estimate of drug-likeness (QED) is 0.358. The Kier molecular flexibility index (Phi) is 6.19. The lowest BCUT2D eigenvalue weighted by Gasteiger charge is -2.07. The lowest BCUT2D eigenvalue weighted by molar-refractivity contribution is -0.112. The van der Waals surface area contributed by atoms with Gasteiger partial charge in [0.15, 0.2) is 0 Å². The second-order valence-corrected chi connectivity index (χ2v) is 7.30. The third kappa shape index (κ3) is 4.79. The number of amides is 1. The second kappa shape index (κ2) is 9.54. The number of anilines is 1. The Balaban J connectivity index is 1.70. The highest BCUT2D eigenvalue weighted by Gasteiger charge is 2.15. The van der Waals surface area contributed by atoms with E-state index in [1.807, 2.05) is 79.9 Å². The van der Waals surface area contributed by atoms with Gasteiger partial charge in [-0.05, 0) is 42.3 Å². The summed E-state index contributed by atoms with van der Waals surface area (Å²) < 4.78 is 1.80. The van der Waals surface area contributed by atoms with E-state index in [0.717, 1.165) is 16.7 Å². The lowest BCUT2D eigenvalue weighted by atomic mass is 10.1. The normalized spacial score (nSPS) is 11.1. The number of rotatable bonds is 6. The number of pyridine rings is 1. The van der Waals surface area contributed by atoms with Gasteiger partial charge in [-0.2, -0.15) is 10.4 Å². The molecular weight excluding hydrogens is 398 g/mol. The number of carbonyl (C=O) groups excluding carboxylic acids is 1. The molecule has 6 heteroatoms. The van der Waals surface area contributed by atoms with Crippen LogP contribution in [0.4, 0.5) is 5.69 Å². The number of aromatic nitrogens is 3. The first-order chi connectivity index (χ1) is 15.6. The highest BCUT2D eigenvalue weighted by atomic mass is 16.1. The van der Waals surface area contributed by atoms with E-state index < -0.39 is 5.91 Å². The van der Waals surface area contributed by atoms with Crippen molar-refractivity contribution < 1.29 is 4.79 Å². The maximum Gasteiger partial charge on any atom is 0.266 e. The number of hydrogen-bond acceptors (Lipinski definition) is 4. The standard InChI is InChI=1S/C26H21N5O/c1-19-8-5-6-12-24(19)29-26(32)22(15-27)14-23-18-31(17-20-9-3-2-4-10-20)30-25(23)21-11-7-13-28-16-21/h2-14,16,18H,17H2,1H3,(H,29,32). The molecule has 4 rings (SSSR count). The number of nitrogens with one attached hydrogen (secondary N) is 1. The van der Waals surface area contributed by atoms with Crippen LogP contribution in [0.2, 0.25) is 0 Å². The molecule has 32 heavy (non-hydrogen) atoms. The number of nitrogens with zero attached hydrogens (tertiary/aromatic N) is 4. The first kappa shape index (κ1) is 20.8. The van der Waals surface area contributed by atoms with Gasteiger partial charge in [0.2, 0.25) is 0 Å². The van der Waals surface area contributed by atoms with E-state index in [0.29, 0.717) is 23.5 Å². The summed E-state index contributed by atoms with van der Waals surface area (Å²) in [4.78, 5) is 17.0. The highest BCUT2D eigenvalue weighted by molar-refractivity contribution is 6.10. The van der Waals surface area contributed by atoms with Gasteiger partial charge in [-0.25, -0.2) is 0 Å². The SMILES string of the molecule is Cc1ccccc1NC(=O)C(C#N)=Cc1cn(Cc2ccccc2)nc1-c1cccnc1. The molecule has 0 spiro atoms. The summed E-state index contributed by atoms with van der Waals surface area (Å²) in [6, 6.07) is 23.2. The molecule has 6 nitrogen and oxygen atoms in total. The highest BCUT2D eigenvalue weighted by Crippen LogP contribution is 2.24. The minimum atomic E-state index is -0.463. The zero-order valence-electron chi connectivity index (χ0n) is 17.6. The molecule has 0 unspecified atom stereocenters. The molecular formula is C26H21N5O. The summed E-state index contributed by atoms with van der Waals surface area (Å²) in [5.41, 5.74) is 4.83. The van der Waals surface area contributed by atoms with Crippen molar-refractivity contribution in [2.24, 2.45) is 0 Å². The Labute approximate surface area is 186 Å². The molecule has 0 bridgehead atoms. The number of benzene rings is 2. The van der Waals surface area contributed by atoms with Crippen LogP contribution in [0.3, 0.4) is 0 Å². The monoisotopic (exact) mass is 419 g/mol. The fourth-order valence-electron chi connectivity index (χ4n) is 3.33. The molecule has 1 N–H and O–H groups in total. The van der Waals surface area contributed by atoms with Crippen LogP contribution >= 0.6 is 0 Å². The van der Waals surface area contributed by atoms with E-state index in [1.54, 1.807) is 29.2 Å². The molecule has 0 aliphatic heterocycles. The summed E-state index contributed by atoms with van der Waals surface area (Å²) >= 11 is 0. The van der Waals surface area contributed by atoms with Crippen molar-refractivity contribution in [1.29, 1.82) is 5.26 Å². The molecule has 156 valence electrons. The van der Waals surface area contributed by atoms with Gasteiger partial charge in [0.05, 0.1) is 6.54 Å². The third-order valence-electron chi connectivity index (χ3n) is 4.97. The van der Waals surface area contributed by atoms with Gasteiger partial charge in [0.25, 0.3) is 5.91 Å². The van der Waals surface area contributed by atoms with Crippen molar-refractivity contribution in [2.45, 2.75) is 13.5 Å². The van der Waals surface area contributed by atoms with Crippen LogP contribution in [0, 0.1) is 18.3 Å². The number of para-hydroxylation sites is 1. The molecule has 0 saturated heterocycles. The summed E-state index contributed by atoms with van der Waals surface area (Å²) in [5, 5.41) is 17.2. The van der Waals surface area contributed by atoms with Gasteiger partial charge in [0.1, 0.15) is 17.3 Å². The summed E-state index contributed by atoms with van der Waals surface area (Å²) in [5.74, 6) is -0.463. The molecule has 0 fully saturated rings. The predicted molar refractivity (Wildman–Crippen MR) is 124 cm³/mol. The van der Waals surface area contributed by atoms with Crippen LogP contribution in [0.1, 0.15) is 16.7 Å². The van der Waals surface area contributed by atoms with Crippen molar-refractivity contribution in [3.8, 4) is 17.3 Å². The Morgan fingerprint density at radius 3 is 2.59 bits per heavy atom.